The number of thioether (sulfide) groups is 1. The third kappa shape index (κ3) is 5.85. The molecule has 0 rings (SSSR count). The quantitative estimate of drug-likeness (QED) is 0.642. The first kappa shape index (κ1) is 10.4. The zero-order valence-electron chi connectivity index (χ0n) is 6.87. The molecule has 0 spiro atoms. The first-order valence-corrected chi connectivity index (χ1v) is 4.48. The molecule has 0 atom stereocenters. The highest BCUT2D eigenvalue weighted by molar-refractivity contribution is 8.06. The smallest absolute Gasteiger partial charge is 0.153 e. The largest absolute Gasteiger partial charge is 0.502 e. The van der Waals surface area contributed by atoms with Crippen molar-refractivity contribution in [3.8, 4) is 0 Å². The number of allylic oxidation sites excluding steroid dienone is 2. The molecule has 0 aromatic heterocycles. The molecule has 64 valence electrons. The molecule has 0 bridgehead atoms. The molecule has 0 aliphatic heterocycles. The van der Waals surface area contributed by atoms with E-state index in [1.54, 1.807) is 12.2 Å². The van der Waals surface area contributed by atoms with Gasteiger partial charge in [-0.15, -0.1) is 0 Å². The highest BCUT2D eigenvalue weighted by Crippen LogP contribution is 2.21. The van der Waals surface area contributed by atoms with Gasteiger partial charge < -0.3 is 10.2 Å². The van der Waals surface area contributed by atoms with Gasteiger partial charge in [-0.05, 0) is 36.8 Å². The molecule has 2 N–H and O–H groups in total. The van der Waals surface area contributed by atoms with Crippen molar-refractivity contribution in [3.63, 3.8) is 0 Å². The summed E-state index contributed by atoms with van der Waals surface area (Å²) < 4.78 is 0. The SMILES string of the molecule is CC/C=C(/O)S/C(O)=C\CC. The summed E-state index contributed by atoms with van der Waals surface area (Å²) in [6, 6.07) is 0. The molecule has 0 unspecified atom stereocenters. The van der Waals surface area contributed by atoms with Crippen LogP contribution < -0.4 is 0 Å². The van der Waals surface area contributed by atoms with Crippen LogP contribution in [0.2, 0.25) is 0 Å². The lowest BCUT2D eigenvalue weighted by atomic mass is 10.5. The van der Waals surface area contributed by atoms with Crippen LogP contribution in [0.25, 0.3) is 0 Å². The van der Waals surface area contributed by atoms with E-state index in [0.717, 1.165) is 24.6 Å². The van der Waals surface area contributed by atoms with E-state index in [-0.39, 0.29) is 10.2 Å². The second kappa shape index (κ2) is 6.16. The van der Waals surface area contributed by atoms with Crippen molar-refractivity contribution >= 4 is 11.8 Å². The lowest BCUT2D eigenvalue weighted by molar-refractivity contribution is 0.439. The van der Waals surface area contributed by atoms with Crippen LogP contribution in [0.3, 0.4) is 0 Å². The van der Waals surface area contributed by atoms with E-state index in [2.05, 4.69) is 0 Å². The zero-order valence-corrected chi connectivity index (χ0v) is 7.69. The number of aliphatic hydroxyl groups excluding tert-OH is 2. The summed E-state index contributed by atoms with van der Waals surface area (Å²) in [5.74, 6) is 0. The van der Waals surface area contributed by atoms with Gasteiger partial charge >= 0.3 is 0 Å². The molecule has 0 fully saturated rings. The third-order valence-electron chi connectivity index (χ3n) is 0.967. The molecule has 0 amide bonds. The normalized spacial score (nSPS) is 13.6. The van der Waals surface area contributed by atoms with Crippen LogP contribution in [-0.4, -0.2) is 10.2 Å². The Kier molecular flexibility index (Phi) is 5.84. The molecule has 11 heavy (non-hydrogen) atoms. The maximum absolute atomic E-state index is 9.07. The van der Waals surface area contributed by atoms with Gasteiger partial charge in [0.25, 0.3) is 0 Å². The lowest BCUT2D eigenvalue weighted by Gasteiger charge is -1.96. The Morgan fingerprint density at radius 3 is 1.73 bits per heavy atom. The molecule has 0 aliphatic carbocycles. The first-order valence-electron chi connectivity index (χ1n) is 3.66. The van der Waals surface area contributed by atoms with Crippen LogP contribution in [0.4, 0.5) is 0 Å². The van der Waals surface area contributed by atoms with Gasteiger partial charge in [0.1, 0.15) is 0 Å². The summed E-state index contributed by atoms with van der Waals surface area (Å²) in [6.07, 6.45) is 4.87. The van der Waals surface area contributed by atoms with Gasteiger partial charge in [-0.25, -0.2) is 0 Å². The summed E-state index contributed by atoms with van der Waals surface area (Å²) in [5.41, 5.74) is 0. The standard InChI is InChI=1S/C8H14O2S/c1-3-5-7(9)11-8(10)6-4-2/h5-6,9-10H,3-4H2,1-2H3/b7-5-,8-6-. The Bertz CT molecular complexity index is 143. The highest BCUT2D eigenvalue weighted by Gasteiger charge is 1.96. The zero-order chi connectivity index (χ0) is 8.69. The molecule has 0 aromatic rings. The van der Waals surface area contributed by atoms with Crippen molar-refractivity contribution in [2.75, 3.05) is 0 Å². The van der Waals surface area contributed by atoms with Crippen LogP contribution in [0, 0.1) is 0 Å². The molecule has 0 radical (unpaired) electrons. The summed E-state index contributed by atoms with van der Waals surface area (Å²) in [4.78, 5) is 0. The van der Waals surface area contributed by atoms with Crippen molar-refractivity contribution in [2.24, 2.45) is 0 Å². The molecular weight excluding hydrogens is 160 g/mol. The first-order chi connectivity index (χ1) is 5.20. The molecule has 0 saturated heterocycles. The monoisotopic (exact) mass is 174 g/mol. The van der Waals surface area contributed by atoms with Gasteiger partial charge in [0.2, 0.25) is 0 Å². The highest BCUT2D eigenvalue weighted by atomic mass is 32.2. The predicted molar refractivity (Wildman–Crippen MR) is 49.6 cm³/mol. The fourth-order valence-electron chi connectivity index (χ4n) is 0.540. The molecule has 0 aromatic carbocycles. The summed E-state index contributed by atoms with van der Waals surface area (Å²) >= 11 is 0.982. The fourth-order valence-corrected chi connectivity index (χ4v) is 1.25. The maximum atomic E-state index is 9.07. The Balaban J connectivity index is 3.84. The van der Waals surface area contributed by atoms with Crippen LogP contribution in [0.5, 0.6) is 0 Å². The molecule has 0 aliphatic rings. The molecule has 0 heterocycles. The number of aliphatic hydroxyl groups is 2. The number of hydrogen-bond acceptors (Lipinski definition) is 3. The van der Waals surface area contributed by atoms with E-state index in [4.69, 9.17) is 10.2 Å². The number of rotatable bonds is 4. The van der Waals surface area contributed by atoms with Gasteiger partial charge in [-0.1, -0.05) is 13.8 Å². The van der Waals surface area contributed by atoms with E-state index in [9.17, 15) is 0 Å². The van der Waals surface area contributed by atoms with Gasteiger partial charge in [-0.2, -0.15) is 0 Å². The van der Waals surface area contributed by atoms with Crippen molar-refractivity contribution < 1.29 is 10.2 Å². The van der Waals surface area contributed by atoms with Crippen LogP contribution in [-0.2, 0) is 0 Å². The van der Waals surface area contributed by atoms with E-state index in [1.165, 1.54) is 0 Å². The van der Waals surface area contributed by atoms with Gasteiger partial charge in [0.05, 0.1) is 0 Å². The minimum atomic E-state index is 0.162. The number of hydrogen-bond donors (Lipinski definition) is 2. The Morgan fingerprint density at radius 2 is 1.45 bits per heavy atom. The maximum Gasteiger partial charge on any atom is 0.153 e. The minimum Gasteiger partial charge on any atom is -0.502 e. The Hall–Kier alpha value is -0.570. The van der Waals surface area contributed by atoms with E-state index in [1.807, 2.05) is 13.8 Å². The molecule has 3 heteroatoms. The van der Waals surface area contributed by atoms with Crippen LogP contribution in [0.1, 0.15) is 26.7 Å². The van der Waals surface area contributed by atoms with E-state index in [0.29, 0.717) is 0 Å². The molecular formula is C8H14O2S. The van der Waals surface area contributed by atoms with Crippen molar-refractivity contribution in [1.82, 2.24) is 0 Å². The van der Waals surface area contributed by atoms with Gasteiger partial charge in [-0.3, -0.25) is 0 Å². The summed E-state index contributed by atoms with van der Waals surface area (Å²) in [6.45, 7) is 3.86. The van der Waals surface area contributed by atoms with Crippen molar-refractivity contribution in [3.05, 3.63) is 22.3 Å². The summed E-state index contributed by atoms with van der Waals surface area (Å²) in [5, 5.41) is 18.5. The molecule has 0 saturated carbocycles. The Morgan fingerprint density at radius 1 is 1.09 bits per heavy atom. The van der Waals surface area contributed by atoms with E-state index >= 15 is 0 Å². The van der Waals surface area contributed by atoms with Crippen molar-refractivity contribution in [2.45, 2.75) is 26.7 Å². The Labute approximate surface area is 71.6 Å². The summed E-state index contributed by atoms with van der Waals surface area (Å²) in [7, 11) is 0. The van der Waals surface area contributed by atoms with Gasteiger partial charge in [0, 0.05) is 0 Å². The second-order valence-electron chi connectivity index (χ2n) is 2.00. The predicted octanol–water partition coefficient (Wildman–Crippen LogP) is 3.34. The average Bonchev–Trinajstić information content (AvgIpc) is 1.87. The topological polar surface area (TPSA) is 40.5 Å². The third-order valence-corrected chi connectivity index (χ3v) is 1.72. The van der Waals surface area contributed by atoms with Crippen LogP contribution >= 0.6 is 11.8 Å². The lowest BCUT2D eigenvalue weighted by Crippen LogP contribution is -1.77. The fraction of sp³-hybridized carbons (Fsp3) is 0.500. The second-order valence-corrected chi connectivity index (χ2v) is 3.04. The molecule has 2 nitrogen and oxygen atoms in total. The minimum absolute atomic E-state index is 0.162. The van der Waals surface area contributed by atoms with Crippen molar-refractivity contribution in [1.29, 1.82) is 0 Å². The van der Waals surface area contributed by atoms with Crippen LogP contribution in [0.15, 0.2) is 22.3 Å². The van der Waals surface area contributed by atoms with E-state index < -0.39 is 0 Å². The average molecular weight is 174 g/mol. The van der Waals surface area contributed by atoms with Gasteiger partial charge in [0.15, 0.2) is 10.2 Å².